The van der Waals surface area contributed by atoms with Crippen molar-refractivity contribution >= 4 is 35.2 Å². The third kappa shape index (κ3) is 4.11. The van der Waals surface area contributed by atoms with Crippen LogP contribution in [0.15, 0.2) is 30.3 Å². The van der Waals surface area contributed by atoms with Crippen LogP contribution in [0, 0.1) is 0 Å². The first-order valence-corrected chi connectivity index (χ1v) is 7.25. The van der Waals surface area contributed by atoms with Crippen molar-refractivity contribution < 1.29 is 19.1 Å². The van der Waals surface area contributed by atoms with Crippen molar-refractivity contribution in [3.8, 4) is 0 Å². The Balaban J connectivity index is 2.09. The third-order valence-electron chi connectivity index (χ3n) is 3.09. The van der Waals surface area contributed by atoms with Crippen LogP contribution in [-0.2, 0) is 16.6 Å². The molecule has 2 N–H and O–H groups in total. The summed E-state index contributed by atoms with van der Waals surface area (Å²) < 4.78 is 5.76. The molecule has 1 aromatic carbocycles. The molecule has 0 radical (unpaired) electrons. The van der Waals surface area contributed by atoms with Crippen LogP contribution in [0.5, 0.6) is 0 Å². The normalized spacial score (nSPS) is 10.1. The lowest BCUT2D eigenvalue weighted by Crippen LogP contribution is -2.30. The highest BCUT2D eigenvalue weighted by atomic mass is 35.5. The van der Waals surface area contributed by atoms with Crippen molar-refractivity contribution in [2.75, 3.05) is 19.0 Å². The first-order chi connectivity index (χ1) is 11.4. The number of aromatic nitrogens is 2. The van der Waals surface area contributed by atoms with Crippen LogP contribution in [0.4, 0.5) is 5.82 Å². The monoisotopic (exact) mass is 350 g/mol. The molecule has 1 aromatic heterocycles. The topological polar surface area (TPSA) is 102 Å². The zero-order valence-electron chi connectivity index (χ0n) is 13.0. The number of halogens is 1. The molecule has 0 saturated carbocycles. The fourth-order valence-electron chi connectivity index (χ4n) is 1.84. The molecule has 0 atom stereocenters. The zero-order valence-corrected chi connectivity index (χ0v) is 13.8. The third-order valence-corrected chi connectivity index (χ3v) is 3.42. The molecular weight excluding hydrogens is 336 g/mol. The maximum atomic E-state index is 12.2. The van der Waals surface area contributed by atoms with Crippen molar-refractivity contribution in [2.45, 2.75) is 0 Å². The molecule has 0 aliphatic heterocycles. The zero-order chi connectivity index (χ0) is 17.7. The summed E-state index contributed by atoms with van der Waals surface area (Å²) in [7, 11) is 2.79. The van der Waals surface area contributed by atoms with Crippen molar-refractivity contribution in [3.05, 3.63) is 46.6 Å². The Morgan fingerprint density at radius 3 is 2.62 bits per heavy atom. The Hall–Kier alpha value is -2.87. The molecule has 9 heteroatoms. The van der Waals surface area contributed by atoms with Crippen LogP contribution in [0.2, 0.25) is 5.02 Å². The summed E-state index contributed by atoms with van der Waals surface area (Å²) in [6.07, 6.45) is 0. The van der Waals surface area contributed by atoms with E-state index >= 15 is 0 Å². The van der Waals surface area contributed by atoms with E-state index in [2.05, 4.69) is 20.5 Å². The van der Waals surface area contributed by atoms with Crippen LogP contribution in [0.3, 0.4) is 0 Å². The summed E-state index contributed by atoms with van der Waals surface area (Å²) in [5.74, 6) is -1.26. The average molecular weight is 351 g/mol. The van der Waals surface area contributed by atoms with Gasteiger partial charge in [-0.3, -0.25) is 19.1 Å². The molecule has 0 fully saturated rings. The summed E-state index contributed by atoms with van der Waals surface area (Å²) in [5, 5.41) is 9.29. The van der Waals surface area contributed by atoms with Gasteiger partial charge in [-0.05, 0) is 12.1 Å². The summed E-state index contributed by atoms with van der Waals surface area (Å²) in [6, 6.07) is 7.98. The Morgan fingerprint density at radius 2 is 1.96 bits per heavy atom. The summed E-state index contributed by atoms with van der Waals surface area (Å²) >= 11 is 5.97. The SMILES string of the molecule is COC(=O)CNC(=O)c1cc(NC(=O)c2ccccc2Cl)n(C)n1. The van der Waals surface area contributed by atoms with Gasteiger partial charge in [0.25, 0.3) is 11.8 Å². The molecule has 0 aliphatic rings. The van der Waals surface area contributed by atoms with Gasteiger partial charge < -0.3 is 15.4 Å². The number of carbonyl (C=O) groups excluding carboxylic acids is 3. The van der Waals surface area contributed by atoms with E-state index in [9.17, 15) is 14.4 Å². The number of aryl methyl sites for hydroxylation is 1. The first-order valence-electron chi connectivity index (χ1n) is 6.87. The lowest BCUT2D eigenvalue weighted by Gasteiger charge is -2.06. The van der Waals surface area contributed by atoms with Gasteiger partial charge in [0.05, 0.1) is 17.7 Å². The van der Waals surface area contributed by atoms with Gasteiger partial charge in [-0.15, -0.1) is 0 Å². The van der Waals surface area contributed by atoms with Crippen LogP contribution < -0.4 is 10.6 Å². The predicted molar refractivity (Wildman–Crippen MR) is 87.0 cm³/mol. The molecule has 2 rings (SSSR count). The summed E-state index contributed by atoms with van der Waals surface area (Å²) in [6.45, 7) is -0.271. The van der Waals surface area contributed by atoms with Crippen LogP contribution >= 0.6 is 11.6 Å². The van der Waals surface area contributed by atoms with E-state index in [0.717, 1.165) is 0 Å². The number of esters is 1. The van der Waals surface area contributed by atoms with Crippen molar-refractivity contribution in [1.29, 1.82) is 0 Å². The number of amides is 2. The molecule has 24 heavy (non-hydrogen) atoms. The molecule has 0 aliphatic carbocycles. The maximum Gasteiger partial charge on any atom is 0.325 e. The highest BCUT2D eigenvalue weighted by molar-refractivity contribution is 6.34. The minimum Gasteiger partial charge on any atom is -0.468 e. The Kier molecular flexibility index (Phi) is 5.54. The molecule has 0 saturated heterocycles. The number of benzene rings is 1. The molecule has 0 spiro atoms. The Labute approximate surface area is 142 Å². The van der Waals surface area contributed by atoms with Gasteiger partial charge in [-0.25, -0.2) is 0 Å². The number of ether oxygens (including phenoxy) is 1. The Bertz CT molecular complexity index is 788. The van der Waals surface area contributed by atoms with Crippen LogP contribution in [-0.4, -0.2) is 41.2 Å². The predicted octanol–water partition coefficient (Wildman–Crippen LogP) is 1.23. The second-order valence-corrected chi connectivity index (χ2v) is 5.14. The van der Waals surface area contributed by atoms with E-state index in [0.29, 0.717) is 16.4 Å². The second kappa shape index (κ2) is 7.60. The van der Waals surface area contributed by atoms with E-state index < -0.39 is 17.8 Å². The van der Waals surface area contributed by atoms with Crippen molar-refractivity contribution in [1.82, 2.24) is 15.1 Å². The Morgan fingerprint density at radius 1 is 1.25 bits per heavy atom. The van der Waals surface area contributed by atoms with Gasteiger partial charge in [-0.2, -0.15) is 5.10 Å². The fourth-order valence-corrected chi connectivity index (χ4v) is 2.06. The standard InChI is InChI=1S/C15H15ClN4O4/c1-20-12(18-14(22)9-5-3-4-6-10(9)16)7-11(19-20)15(23)17-8-13(21)24-2/h3-7H,8H2,1-2H3,(H,17,23)(H,18,22). The molecule has 8 nitrogen and oxygen atoms in total. The number of rotatable bonds is 5. The van der Waals surface area contributed by atoms with E-state index in [1.54, 1.807) is 31.3 Å². The van der Waals surface area contributed by atoms with Crippen molar-refractivity contribution in [2.24, 2.45) is 7.05 Å². The fraction of sp³-hybridized carbons (Fsp3) is 0.200. The number of hydrogen-bond acceptors (Lipinski definition) is 5. The smallest absolute Gasteiger partial charge is 0.325 e. The number of methoxy groups -OCH3 is 1. The van der Waals surface area contributed by atoms with E-state index in [4.69, 9.17) is 11.6 Å². The molecule has 126 valence electrons. The molecule has 0 unspecified atom stereocenters. The van der Waals surface area contributed by atoms with Crippen LogP contribution in [0.25, 0.3) is 0 Å². The lowest BCUT2D eigenvalue weighted by atomic mass is 10.2. The summed E-state index contributed by atoms with van der Waals surface area (Å²) in [4.78, 5) is 35.2. The van der Waals surface area contributed by atoms with E-state index in [-0.39, 0.29) is 12.2 Å². The first kappa shape index (κ1) is 17.5. The van der Waals surface area contributed by atoms with Gasteiger partial charge in [0.15, 0.2) is 5.69 Å². The molecular formula is C15H15ClN4O4. The highest BCUT2D eigenvalue weighted by Crippen LogP contribution is 2.17. The highest BCUT2D eigenvalue weighted by Gasteiger charge is 2.17. The van der Waals surface area contributed by atoms with Crippen molar-refractivity contribution in [3.63, 3.8) is 0 Å². The molecule has 2 amide bonds. The minimum absolute atomic E-state index is 0.0517. The number of anilines is 1. The van der Waals surface area contributed by atoms with Gasteiger partial charge in [0, 0.05) is 13.1 Å². The number of nitrogens with zero attached hydrogens (tertiary/aromatic N) is 2. The quantitative estimate of drug-likeness (QED) is 0.789. The van der Waals surface area contributed by atoms with Gasteiger partial charge in [0.1, 0.15) is 12.4 Å². The molecule has 0 bridgehead atoms. The lowest BCUT2D eigenvalue weighted by molar-refractivity contribution is -0.139. The number of carbonyl (C=O) groups is 3. The molecule has 1 heterocycles. The second-order valence-electron chi connectivity index (χ2n) is 4.73. The van der Waals surface area contributed by atoms with E-state index in [1.165, 1.54) is 17.9 Å². The largest absolute Gasteiger partial charge is 0.468 e. The number of nitrogens with one attached hydrogen (secondary N) is 2. The molecule has 2 aromatic rings. The maximum absolute atomic E-state index is 12.2. The number of hydrogen-bond donors (Lipinski definition) is 2. The minimum atomic E-state index is -0.577. The van der Waals surface area contributed by atoms with Crippen LogP contribution in [0.1, 0.15) is 20.8 Å². The average Bonchev–Trinajstić information content (AvgIpc) is 2.93. The van der Waals surface area contributed by atoms with Gasteiger partial charge in [0.2, 0.25) is 0 Å². The van der Waals surface area contributed by atoms with Gasteiger partial charge >= 0.3 is 5.97 Å². The van der Waals surface area contributed by atoms with Gasteiger partial charge in [-0.1, -0.05) is 23.7 Å². The summed E-state index contributed by atoms with van der Waals surface area (Å²) in [5.41, 5.74) is 0.355. The van der Waals surface area contributed by atoms with E-state index in [1.807, 2.05) is 0 Å².